The Labute approximate surface area is 135 Å². The monoisotopic (exact) mass is 305 g/mol. The largest absolute Gasteiger partial charge is 0.310 e. The summed E-state index contributed by atoms with van der Waals surface area (Å²) >= 11 is 2.05. The van der Waals surface area contributed by atoms with Gasteiger partial charge in [0.05, 0.1) is 0 Å². The summed E-state index contributed by atoms with van der Waals surface area (Å²) in [4.78, 5) is 0. The summed E-state index contributed by atoms with van der Waals surface area (Å²) in [5, 5.41) is 4.73. The molecule has 0 radical (unpaired) electrons. The van der Waals surface area contributed by atoms with Crippen LogP contribution in [0, 0.1) is 0 Å². The smallest absolute Gasteiger partial charge is 0.0198 e. The summed E-state index contributed by atoms with van der Waals surface area (Å²) in [6, 6.07) is 12.2. The van der Waals surface area contributed by atoms with E-state index in [2.05, 4.69) is 62.7 Å². The summed E-state index contributed by atoms with van der Waals surface area (Å²) in [6.07, 6.45) is 8.99. The maximum atomic E-state index is 3.92. The molecule has 0 aromatic heterocycles. The van der Waals surface area contributed by atoms with Gasteiger partial charge in [0, 0.05) is 17.3 Å². The van der Waals surface area contributed by atoms with Crippen LogP contribution >= 0.6 is 11.8 Å². The van der Waals surface area contributed by atoms with Crippen LogP contribution in [0.4, 0.5) is 0 Å². The van der Waals surface area contributed by atoms with Gasteiger partial charge in [0.1, 0.15) is 0 Å². The van der Waals surface area contributed by atoms with Gasteiger partial charge in [-0.3, -0.25) is 0 Å². The lowest BCUT2D eigenvalue weighted by atomic mass is 9.79. The molecule has 0 aliphatic heterocycles. The van der Waals surface area contributed by atoms with Crippen molar-refractivity contribution in [3.05, 3.63) is 35.9 Å². The van der Waals surface area contributed by atoms with Gasteiger partial charge in [-0.15, -0.1) is 0 Å². The minimum atomic E-state index is 0.233. The van der Waals surface area contributed by atoms with Crippen molar-refractivity contribution in [1.29, 1.82) is 0 Å². The molecule has 1 fully saturated rings. The van der Waals surface area contributed by atoms with Gasteiger partial charge in [0.2, 0.25) is 0 Å². The van der Waals surface area contributed by atoms with Crippen molar-refractivity contribution in [2.75, 3.05) is 6.26 Å². The summed E-state index contributed by atoms with van der Waals surface area (Å²) in [5.41, 5.74) is 1.68. The molecule has 3 atom stereocenters. The minimum Gasteiger partial charge on any atom is -0.310 e. The molecule has 1 N–H and O–H groups in total. The zero-order chi connectivity index (χ0) is 15.3. The molecule has 1 aliphatic rings. The molecule has 2 heteroatoms. The molecule has 1 aromatic rings. The van der Waals surface area contributed by atoms with Crippen LogP contribution in [0.2, 0.25) is 0 Å². The fraction of sp³-hybridized carbons (Fsp3) is 0.684. The first-order valence-corrected chi connectivity index (χ1v) is 9.66. The van der Waals surface area contributed by atoms with E-state index in [0.29, 0.717) is 12.1 Å². The molecule has 118 valence electrons. The van der Waals surface area contributed by atoms with Crippen LogP contribution in [0.25, 0.3) is 0 Å². The number of benzene rings is 1. The predicted octanol–water partition coefficient (Wildman–Crippen LogP) is 5.01. The van der Waals surface area contributed by atoms with E-state index in [1.54, 1.807) is 0 Å². The molecule has 0 heterocycles. The third-order valence-corrected chi connectivity index (χ3v) is 6.05. The second-order valence-electron chi connectivity index (χ2n) is 7.19. The third kappa shape index (κ3) is 4.75. The van der Waals surface area contributed by atoms with Gasteiger partial charge in [-0.05, 0) is 43.4 Å². The van der Waals surface area contributed by atoms with Crippen LogP contribution < -0.4 is 5.32 Å². The molecule has 1 aliphatic carbocycles. The second kappa shape index (κ2) is 7.69. The number of rotatable bonds is 6. The van der Waals surface area contributed by atoms with E-state index in [1.807, 2.05) is 11.8 Å². The van der Waals surface area contributed by atoms with Gasteiger partial charge < -0.3 is 5.32 Å². The highest BCUT2D eigenvalue weighted by Crippen LogP contribution is 2.31. The van der Waals surface area contributed by atoms with E-state index < -0.39 is 0 Å². The van der Waals surface area contributed by atoms with E-state index in [0.717, 1.165) is 5.25 Å². The lowest BCUT2D eigenvalue weighted by Gasteiger charge is -2.36. The fourth-order valence-corrected chi connectivity index (χ4v) is 4.71. The van der Waals surface area contributed by atoms with Crippen LogP contribution in [0.5, 0.6) is 0 Å². The first-order valence-electron chi connectivity index (χ1n) is 8.37. The summed E-state index contributed by atoms with van der Waals surface area (Å²) in [7, 11) is 0. The molecule has 0 bridgehead atoms. The van der Waals surface area contributed by atoms with Crippen LogP contribution in [-0.2, 0) is 5.41 Å². The number of hydrogen-bond acceptors (Lipinski definition) is 2. The number of nitrogens with one attached hydrogen (secondary N) is 1. The molecule has 2 rings (SSSR count). The Bertz CT molecular complexity index is 415. The summed E-state index contributed by atoms with van der Waals surface area (Å²) in [5.74, 6) is 0. The minimum absolute atomic E-state index is 0.233. The van der Waals surface area contributed by atoms with E-state index in [1.165, 1.54) is 37.7 Å². The van der Waals surface area contributed by atoms with E-state index in [4.69, 9.17) is 0 Å². The molecule has 0 amide bonds. The topological polar surface area (TPSA) is 12.0 Å². The lowest BCUT2D eigenvalue weighted by Crippen LogP contribution is -2.46. The molecule has 1 nitrogen and oxygen atoms in total. The van der Waals surface area contributed by atoms with Crippen molar-refractivity contribution >= 4 is 11.8 Å². The summed E-state index contributed by atoms with van der Waals surface area (Å²) < 4.78 is 0. The molecule has 0 spiro atoms. The first kappa shape index (κ1) is 16.9. The van der Waals surface area contributed by atoms with E-state index in [-0.39, 0.29) is 5.41 Å². The zero-order valence-corrected chi connectivity index (χ0v) is 14.9. The average molecular weight is 306 g/mol. The molecule has 3 unspecified atom stereocenters. The van der Waals surface area contributed by atoms with Crippen molar-refractivity contribution in [3.63, 3.8) is 0 Å². The maximum Gasteiger partial charge on any atom is 0.0198 e. The Morgan fingerprint density at radius 3 is 2.52 bits per heavy atom. The molecule has 21 heavy (non-hydrogen) atoms. The van der Waals surface area contributed by atoms with Gasteiger partial charge in [-0.25, -0.2) is 0 Å². The Morgan fingerprint density at radius 1 is 1.19 bits per heavy atom. The van der Waals surface area contributed by atoms with Crippen molar-refractivity contribution in [2.24, 2.45) is 0 Å². The quantitative estimate of drug-likeness (QED) is 0.793. The molecular formula is C19H31NS. The highest BCUT2D eigenvalue weighted by molar-refractivity contribution is 7.99. The van der Waals surface area contributed by atoms with E-state index in [9.17, 15) is 0 Å². The Kier molecular flexibility index (Phi) is 6.19. The van der Waals surface area contributed by atoms with Crippen LogP contribution in [0.1, 0.15) is 58.4 Å². The van der Waals surface area contributed by atoms with Gasteiger partial charge in [-0.2, -0.15) is 11.8 Å². The maximum absolute atomic E-state index is 3.92. The second-order valence-corrected chi connectivity index (χ2v) is 8.26. The number of thioether (sulfide) groups is 1. The van der Waals surface area contributed by atoms with Crippen molar-refractivity contribution in [2.45, 2.75) is 75.6 Å². The SMILES string of the molecule is CSC1CCCCC1NC(C)CC(C)(C)c1ccccc1. The average Bonchev–Trinajstić information content (AvgIpc) is 2.48. The zero-order valence-electron chi connectivity index (χ0n) is 14.1. The van der Waals surface area contributed by atoms with Gasteiger partial charge in [0.25, 0.3) is 0 Å². The third-order valence-electron chi connectivity index (χ3n) is 4.88. The van der Waals surface area contributed by atoms with Gasteiger partial charge >= 0.3 is 0 Å². The van der Waals surface area contributed by atoms with Crippen molar-refractivity contribution in [3.8, 4) is 0 Å². The lowest BCUT2D eigenvalue weighted by molar-refractivity contribution is 0.313. The highest BCUT2D eigenvalue weighted by atomic mass is 32.2. The van der Waals surface area contributed by atoms with E-state index >= 15 is 0 Å². The number of hydrogen-bond donors (Lipinski definition) is 1. The van der Waals surface area contributed by atoms with Crippen molar-refractivity contribution in [1.82, 2.24) is 5.32 Å². The molecular weight excluding hydrogens is 274 g/mol. The molecule has 0 saturated heterocycles. The Hall–Kier alpha value is -0.470. The first-order chi connectivity index (χ1) is 10.0. The fourth-order valence-electron chi connectivity index (χ4n) is 3.77. The van der Waals surface area contributed by atoms with Crippen molar-refractivity contribution < 1.29 is 0 Å². The van der Waals surface area contributed by atoms with Crippen LogP contribution in [-0.4, -0.2) is 23.6 Å². The molecule has 1 saturated carbocycles. The Balaban J connectivity index is 1.93. The predicted molar refractivity (Wildman–Crippen MR) is 96.2 cm³/mol. The van der Waals surface area contributed by atoms with Gasteiger partial charge in [0.15, 0.2) is 0 Å². The summed E-state index contributed by atoms with van der Waals surface area (Å²) in [6.45, 7) is 7.09. The Morgan fingerprint density at radius 2 is 1.86 bits per heavy atom. The normalized spacial score (nSPS) is 24.8. The highest BCUT2D eigenvalue weighted by Gasteiger charge is 2.28. The van der Waals surface area contributed by atoms with Gasteiger partial charge in [-0.1, -0.05) is 57.0 Å². The standard InChI is InChI=1S/C19H31NS/c1-15(20-17-12-8-9-13-18(17)21-4)14-19(2,3)16-10-6-5-7-11-16/h5-7,10-11,15,17-18,20H,8-9,12-14H2,1-4H3. The van der Waals surface area contributed by atoms with Crippen LogP contribution in [0.3, 0.4) is 0 Å². The van der Waals surface area contributed by atoms with Crippen LogP contribution in [0.15, 0.2) is 30.3 Å². The molecule has 1 aromatic carbocycles.